The molecule has 0 unspecified atom stereocenters. The maximum absolute atomic E-state index is 11.2. The Morgan fingerprint density at radius 3 is 2.80 bits per heavy atom. The van der Waals surface area contributed by atoms with Crippen LogP contribution in [0.5, 0.6) is 0 Å². The number of hydrogen-bond donors (Lipinski definition) is 0. The molecule has 1 fully saturated rings. The molecule has 4 heteroatoms. The summed E-state index contributed by atoms with van der Waals surface area (Å²) in [5.74, 6) is -0.139. The SMILES string of the molecule is CCOC(=O)CCN(CCC#N)C1CC1. The first-order chi connectivity index (χ1) is 7.27. The zero-order valence-electron chi connectivity index (χ0n) is 9.24. The van der Waals surface area contributed by atoms with Crippen molar-refractivity contribution in [3.63, 3.8) is 0 Å². The molecule has 4 nitrogen and oxygen atoms in total. The Kier molecular flexibility index (Phi) is 5.13. The van der Waals surface area contributed by atoms with Crippen molar-refractivity contribution < 1.29 is 9.53 Å². The van der Waals surface area contributed by atoms with E-state index in [4.69, 9.17) is 10.00 Å². The van der Waals surface area contributed by atoms with Crippen molar-refractivity contribution in [3.05, 3.63) is 0 Å². The molecule has 1 aliphatic carbocycles. The Balaban J connectivity index is 2.19. The van der Waals surface area contributed by atoms with Crippen LogP contribution in [-0.2, 0) is 9.53 Å². The Bertz CT molecular complexity index is 243. The average molecular weight is 210 g/mol. The Morgan fingerprint density at radius 2 is 2.27 bits per heavy atom. The topological polar surface area (TPSA) is 53.3 Å². The molecule has 0 bridgehead atoms. The van der Waals surface area contributed by atoms with Crippen LogP contribution in [0.1, 0.15) is 32.6 Å². The number of rotatable bonds is 7. The van der Waals surface area contributed by atoms with Crippen molar-refractivity contribution in [2.75, 3.05) is 19.7 Å². The second kappa shape index (κ2) is 6.41. The van der Waals surface area contributed by atoms with Gasteiger partial charge in [-0.05, 0) is 19.8 Å². The summed E-state index contributed by atoms with van der Waals surface area (Å²) in [4.78, 5) is 13.4. The van der Waals surface area contributed by atoms with E-state index in [9.17, 15) is 4.79 Å². The van der Waals surface area contributed by atoms with Gasteiger partial charge in [-0.1, -0.05) is 0 Å². The lowest BCUT2D eigenvalue weighted by molar-refractivity contribution is -0.143. The predicted octanol–water partition coefficient (Wildman–Crippen LogP) is 1.32. The van der Waals surface area contributed by atoms with E-state index in [0.717, 1.165) is 13.1 Å². The van der Waals surface area contributed by atoms with E-state index in [-0.39, 0.29) is 5.97 Å². The number of carbonyl (C=O) groups excluding carboxylic acids is 1. The van der Waals surface area contributed by atoms with Crippen molar-refractivity contribution in [1.82, 2.24) is 4.90 Å². The second-order valence-corrected chi connectivity index (χ2v) is 3.73. The van der Waals surface area contributed by atoms with E-state index >= 15 is 0 Å². The summed E-state index contributed by atoms with van der Waals surface area (Å²) < 4.78 is 4.87. The van der Waals surface area contributed by atoms with Gasteiger partial charge in [-0.15, -0.1) is 0 Å². The molecule has 1 saturated carbocycles. The van der Waals surface area contributed by atoms with Gasteiger partial charge in [-0.2, -0.15) is 5.26 Å². The van der Waals surface area contributed by atoms with Crippen LogP contribution in [-0.4, -0.2) is 36.6 Å². The zero-order valence-corrected chi connectivity index (χ0v) is 9.24. The molecular formula is C11H18N2O2. The fourth-order valence-electron chi connectivity index (χ4n) is 1.58. The Hall–Kier alpha value is -1.08. The van der Waals surface area contributed by atoms with Gasteiger partial charge in [0.25, 0.3) is 0 Å². The minimum atomic E-state index is -0.139. The van der Waals surface area contributed by atoms with Gasteiger partial charge in [0.1, 0.15) is 0 Å². The summed E-state index contributed by atoms with van der Waals surface area (Å²) in [6, 6.07) is 2.74. The van der Waals surface area contributed by atoms with Crippen LogP contribution in [0.4, 0.5) is 0 Å². The van der Waals surface area contributed by atoms with Crippen molar-refractivity contribution in [2.24, 2.45) is 0 Å². The summed E-state index contributed by atoms with van der Waals surface area (Å²) in [6.45, 7) is 3.76. The maximum Gasteiger partial charge on any atom is 0.307 e. The van der Waals surface area contributed by atoms with Crippen LogP contribution >= 0.6 is 0 Å². The number of carbonyl (C=O) groups is 1. The highest BCUT2D eigenvalue weighted by Crippen LogP contribution is 2.26. The van der Waals surface area contributed by atoms with Crippen LogP contribution in [0, 0.1) is 11.3 Å². The highest BCUT2D eigenvalue weighted by atomic mass is 16.5. The molecule has 0 atom stereocenters. The number of hydrogen-bond acceptors (Lipinski definition) is 4. The van der Waals surface area contributed by atoms with Crippen LogP contribution in [0.25, 0.3) is 0 Å². The summed E-state index contributed by atoms with van der Waals surface area (Å²) in [5.41, 5.74) is 0. The first-order valence-electron chi connectivity index (χ1n) is 5.54. The van der Waals surface area contributed by atoms with E-state index < -0.39 is 0 Å². The number of nitrogens with zero attached hydrogens (tertiary/aromatic N) is 2. The third kappa shape index (κ3) is 4.80. The van der Waals surface area contributed by atoms with Crippen LogP contribution in [0.3, 0.4) is 0 Å². The van der Waals surface area contributed by atoms with E-state index in [1.54, 1.807) is 0 Å². The first-order valence-corrected chi connectivity index (χ1v) is 5.54. The maximum atomic E-state index is 11.2. The zero-order chi connectivity index (χ0) is 11.1. The fourth-order valence-corrected chi connectivity index (χ4v) is 1.58. The quantitative estimate of drug-likeness (QED) is 0.595. The van der Waals surface area contributed by atoms with Crippen molar-refractivity contribution in [3.8, 4) is 6.07 Å². The van der Waals surface area contributed by atoms with E-state index in [0.29, 0.717) is 25.5 Å². The van der Waals surface area contributed by atoms with Gasteiger partial charge in [0.05, 0.1) is 19.1 Å². The standard InChI is InChI=1S/C11H18N2O2/c1-2-15-11(14)6-9-13(8-3-7-12)10-4-5-10/h10H,2-6,8-9H2,1H3. The normalized spacial score (nSPS) is 15.0. The van der Waals surface area contributed by atoms with E-state index in [1.807, 2.05) is 6.92 Å². The number of nitriles is 1. The molecule has 1 rings (SSSR count). The molecule has 84 valence electrons. The summed E-state index contributed by atoms with van der Waals surface area (Å²) in [7, 11) is 0. The molecule has 15 heavy (non-hydrogen) atoms. The largest absolute Gasteiger partial charge is 0.466 e. The lowest BCUT2D eigenvalue weighted by atomic mass is 10.3. The molecular weight excluding hydrogens is 192 g/mol. The third-order valence-electron chi connectivity index (χ3n) is 2.48. The molecule has 0 aromatic rings. The Morgan fingerprint density at radius 1 is 1.53 bits per heavy atom. The van der Waals surface area contributed by atoms with Gasteiger partial charge < -0.3 is 4.74 Å². The fraction of sp³-hybridized carbons (Fsp3) is 0.818. The minimum absolute atomic E-state index is 0.139. The van der Waals surface area contributed by atoms with Gasteiger partial charge in [0, 0.05) is 25.6 Å². The van der Waals surface area contributed by atoms with Gasteiger partial charge in [0.15, 0.2) is 0 Å². The highest BCUT2D eigenvalue weighted by Gasteiger charge is 2.28. The molecule has 0 aromatic heterocycles. The van der Waals surface area contributed by atoms with Crippen LogP contribution in [0.15, 0.2) is 0 Å². The van der Waals surface area contributed by atoms with Crippen LogP contribution in [0.2, 0.25) is 0 Å². The van der Waals surface area contributed by atoms with Gasteiger partial charge in [-0.25, -0.2) is 0 Å². The Labute approximate surface area is 90.8 Å². The summed E-state index contributed by atoms with van der Waals surface area (Å²) in [5, 5.41) is 8.51. The lowest BCUT2D eigenvalue weighted by Crippen LogP contribution is -2.29. The van der Waals surface area contributed by atoms with Gasteiger partial charge in [-0.3, -0.25) is 9.69 Å². The molecule has 0 spiro atoms. The van der Waals surface area contributed by atoms with E-state index in [2.05, 4.69) is 11.0 Å². The first kappa shape index (κ1) is 12.0. The second-order valence-electron chi connectivity index (χ2n) is 3.73. The summed E-state index contributed by atoms with van der Waals surface area (Å²) >= 11 is 0. The molecule has 0 radical (unpaired) electrons. The number of ether oxygens (including phenoxy) is 1. The van der Waals surface area contributed by atoms with Crippen molar-refractivity contribution >= 4 is 5.97 Å². The highest BCUT2D eigenvalue weighted by molar-refractivity contribution is 5.69. The van der Waals surface area contributed by atoms with Crippen molar-refractivity contribution in [1.29, 1.82) is 5.26 Å². The lowest BCUT2D eigenvalue weighted by Gasteiger charge is -2.19. The number of esters is 1. The third-order valence-corrected chi connectivity index (χ3v) is 2.48. The molecule has 0 heterocycles. The molecule has 0 N–H and O–H groups in total. The van der Waals surface area contributed by atoms with E-state index in [1.165, 1.54) is 12.8 Å². The van der Waals surface area contributed by atoms with Crippen molar-refractivity contribution in [2.45, 2.75) is 38.6 Å². The van der Waals surface area contributed by atoms with Gasteiger partial charge >= 0.3 is 5.97 Å². The molecule has 0 amide bonds. The molecule has 0 aliphatic heterocycles. The predicted molar refractivity (Wildman–Crippen MR) is 56.1 cm³/mol. The molecule has 0 saturated heterocycles. The smallest absolute Gasteiger partial charge is 0.307 e. The van der Waals surface area contributed by atoms with Gasteiger partial charge in [0.2, 0.25) is 0 Å². The van der Waals surface area contributed by atoms with Crippen LogP contribution < -0.4 is 0 Å². The molecule has 1 aliphatic rings. The molecule has 0 aromatic carbocycles. The average Bonchev–Trinajstić information content (AvgIpc) is 3.02. The minimum Gasteiger partial charge on any atom is -0.466 e. The monoisotopic (exact) mass is 210 g/mol. The summed E-state index contributed by atoms with van der Waals surface area (Å²) in [6.07, 6.45) is 3.39.